The minimum Gasteiger partial charge on any atom is -0.462 e. The van der Waals surface area contributed by atoms with Gasteiger partial charge in [0.2, 0.25) is 0 Å². The van der Waals surface area contributed by atoms with Crippen molar-refractivity contribution < 1.29 is 38.1 Å². The van der Waals surface area contributed by atoms with E-state index in [2.05, 4.69) is 27.7 Å². The highest BCUT2D eigenvalue weighted by molar-refractivity contribution is 6.47. The number of ether oxygens (including phenoxy) is 4. The monoisotopic (exact) mass is 782 g/mol. The fourth-order valence-corrected chi connectivity index (χ4v) is 8.54. The minimum atomic E-state index is -1.64. The van der Waals surface area contributed by atoms with Gasteiger partial charge >= 0.3 is 23.9 Å². The first-order chi connectivity index (χ1) is 22.5. The molecule has 8 atom stereocenters. The number of rotatable bonds is 12. The lowest BCUT2D eigenvalue weighted by Gasteiger charge is -2.17. The largest absolute Gasteiger partial charge is 0.462 e. The van der Waals surface area contributed by atoms with E-state index in [1.807, 2.05) is 13.8 Å². The molecule has 8 nitrogen and oxygen atoms in total. The topological polar surface area (TPSA) is 105 Å². The van der Waals surface area contributed by atoms with Crippen LogP contribution in [-0.4, -0.2) is 37.1 Å². The van der Waals surface area contributed by atoms with Gasteiger partial charge in [-0.1, -0.05) is 124 Å². The average Bonchev–Trinajstić information content (AvgIpc) is 3.91. The maximum Gasteiger partial charge on any atom is 0.423 e. The highest BCUT2D eigenvalue weighted by Gasteiger charge is 2.49. The second-order valence-corrected chi connectivity index (χ2v) is 15.0. The van der Waals surface area contributed by atoms with E-state index in [0.29, 0.717) is 35.5 Å². The normalized spacial score (nSPS) is 23.9. The summed E-state index contributed by atoms with van der Waals surface area (Å²) in [5.74, 6) is -3.39. The molecule has 0 heterocycles. The average molecular weight is 785 g/mol. The first kappa shape index (κ1) is 38.9. The molecule has 2 fully saturated rings. The van der Waals surface area contributed by atoms with E-state index in [0.717, 1.165) is 25.0 Å². The van der Waals surface area contributed by atoms with Gasteiger partial charge < -0.3 is 18.9 Å². The first-order valence-corrected chi connectivity index (χ1v) is 17.9. The Kier molecular flexibility index (Phi) is 12.9. The number of benzene rings is 2. The van der Waals surface area contributed by atoms with E-state index in [-0.39, 0.29) is 55.2 Å². The highest BCUT2D eigenvalue weighted by atomic mass is 35.5. The zero-order valence-corrected chi connectivity index (χ0v) is 31.7. The van der Waals surface area contributed by atoms with Gasteiger partial charge in [0, 0.05) is 0 Å². The lowest BCUT2D eigenvalue weighted by molar-refractivity contribution is -0.156. The Hall–Kier alpha value is -1.94. The molecular formula is C34H36Cl6O8. The molecule has 262 valence electrons. The van der Waals surface area contributed by atoms with Crippen LogP contribution in [0.5, 0.6) is 11.5 Å². The second kappa shape index (κ2) is 15.9. The van der Waals surface area contributed by atoms with Crippen LogP contribution < -0.4 is 9.47 Å². The number of carbonyl (C=O) groups excluding carboxylic acids is 4. The Morgan fingerprint density at radius 2 is 0.958 bits per heavy atom. The van der Waals surface area contributed by atoms with Crippen molar-refractivity contribution in [2.24, 2.45) is 47.3 Å². The van der Waals surface area contributed by atoms with Crippen molar-refractivity contribution in [3.05, 3.63) is 53.4 Å². The predicted octanol–water partition coefficient (Wildman–Crippen LogP) is 10.3. The molecule has 0 amide bonds. The van der Waals surface area contributed by atoms with Crippen molar-refractivity contribution in [3.63, 3.8) is 0 Å². The van der Waals surface area contributed by atoms with Gasteiger partial charge in [-0.25, -0.2) is 19.2 Å². The Bertz CT molecular complexity index is 1500. The number of halogens is 6. The Morgan fingerprint density at radius 1 is 0.625 bits per heavy atom. The molecule has 0 aliphatic heterocycles. The van der Waals surface area contributed by atoms with Crippen LogP contribution in [0.15, 0.2) is 12.1 Å². The van der Waals surface area contributed by atoms with Crippen molar-refractivity contribution in [1.82, 2.24) is 0 Å². The summed E-state index contributed by atoms with van der Waals surface area (Å²) in [6, 6.07) is 2.26. The minimum absolute atomic E-state index is 0.0499. The van der Waals surface area contributed by atoms with Crippen LogP contribution in [0, 0.1) is 47.3 Å². The van der Waals surface area contributed by atoms with Crippen molar-refractivity contribution in [2.75, 3.05) is 13.2 Å². The predicted molar refractivity (Wildman–Crippen MR) is 186 cm³/mol. The van der Waals surface area contributed by atoms with Crippen LogP contribution >= 0.6 is 69.6 Å². The summed E-state index contributed by atoms with van der Waals surface area (Å²) < 4.78 is 21.5. The maximum atomic E-state index is 13.2. The molecule has 2 saturated carbocycles. The maximum absolute atomic E-state index is 13.2. The molecule has 2 aliphatic carbocycles. The molecule has 0 aromatic heterocycles. The Balaban J connectivity index is 1.51. The summed E-state index contributed by atoms with van der Waals surface area (Å²) in [4.78, 5) is 52.5. The van der Waals surface area contributed by atoms with E-state index < -0.39 is 46.5 Å². The number of esters is 4. The van der Waals surface area contributed by atoms with Crippen LogP contribution in [0.4, 0.5) is 0 Å². The first-order valence-electron chi connectivity index (χ1n) is 15.7. The van der Waals surface area contributed by atoms with Gasteiger partial charge in [0.1, 0.15) is 11.1 Å². The molecule has 4 rings (SSSR count). The summed E-state index contributed by atoms with van der Waals surface area (Å²) in [6.45, 7) is 12.6. The fraction of sp³-hybridized carbons (Fsp3) is 0.529. The third-order valence-corrected chi connectivity index (χ3v) is 11.8. The molecule has 48 heavy (non-hydrogen) atoms. The van der Waals surface area contributed by atoms with Crippen LogP contribution in [0.25, 0.3) is 0 Å². The van der Waals surface area contributed by atoms with Gasteiger partial charge in [-0.2, -0.15) is 0 Å². The number of hydrogen-bond acceptors (Lipinski definition) is 8. The second-order valence-electron chi connectivity index (χ2n) is 12.7. The lowest BCUT2D eigenvalue weighted by atomic mass is 10.0. The zero-order valence-electron chi connectivity index (χ0n) is 27.1. The summed E-state index contributed by atoms with van der Waals surface area (Å²) in [5.41, 5.74) is -0.917. The number of hydrogen-bond donors (Lipinski definition) is 0. The quantitative estimate of drug-likeness (QED) is 0.0907. The molecule has 2 aromatic carbocycles. The van der Waals surface area contributed by atoms with Crippen molar-refractivity contribution in [1.29, 1.82) is 0 Å². The lowest BCUT2D eigenvalue weighted by Crippen LogP contribution is -2.27. The van der Waals surface area contributed by atoms with Gasteiger partial charge in [0.15, 0.2) is 11.5 Å². The SMILES string of the molecule is CCC1C(C)C1C(C)COC(=O)c1c(Cl)c(Cl)cc(Cl)c1OC(=O)C(=O)Oc1c(Cl)cc(Cl)c(Cl)c1C(=O)OCC(C)C1C(C)C1CC. The van der Waals surface area contributed by atoms with Crippen LogP contribution in [0.2, 0.25) is 30.1 Å². The van der Waals surface area contributed by atoms with Crippen LogP contribution in [0.1, 0.15) is 75.1 Å². The summed E-state index contributed by atoms with van der Waals surface area (Å²) in [6.07, 6.45) is 2.04. The third-order valence-electron chi connectivity index (χ3n) is 9.70. The van der Waals surface area contributed by atoms with Crippen LogP contribution in [0.3, 0.4) is 0 Å². The summed E-state index contributed by atoms with van der Waals surface area (Å²) in [5, 5.41) is -1.47. The van der Waals surface area contributed by atoms with E-state index >= 15 is 0 Å². The van der Waals surface area contributed by atoms with E-state index in [4.69, 9.17) is 88.6 Å². The molecular weight excluding hydrogens is 749 g/mol. The van der Waals surface area contributed by atoms with Crippen molar-refractivity contribution >= 4 is 93.5 Å². The van der Waals surface area contributed by atoms with E-state index in [1.165, 1.54) is 0 Å². The number of carbonyl (C=O) groups is 4. The molecule has 0 spiro atoms. The van der Waals surface area contributed by atoms with Gasteiger partial charge in [0.05, 0.1) is 43.3 Å². The molecule has 0 N–H and O–H groups in total. The standard InChI is InChI=1S/C34H36Cl6O8/c1-7-17-15(5)23(17)13(3)11-45-31(41)25-27(39)19(35)9-21(37)29(25)47-33(43)34(44)48-30-22(38)10-20(36)28(40)26(30)32(42)46-12-14(4)24-16(6)18(24)8-2/h9-10,13-18,23-24H,7-8,11-12H2,1-6H3. The van der Waals surface area contributed by atoms with Crippen molar-refractivity contribution in [2.45, 2.75) is 54.4 Å². The molecule has 8 unspecified atom stereocenters. The molecule has 0 bridgehead atoms. The van der Waals surface area contributed by atoms with Gasteiger partial charge in [-0.05, 0) is 59.5 Å². The fourth-order valence-electron chi connectivity index (χ4n) is 7.10. The molecule has 0 saturated heterocycles. The van der Waals surface area contributed by atoms with Crippen LogP contribution in [-0.2, 0) is 19.1 Å². The molecule has 2 aromatic rings. The smallest absolute Gasteiger partial charge is 0.423 e. The summed E-state index contributed by atoms with van der Waals surface area (Å²) >= 11 is 37.6. The molecule has 14 heteroatoms. The van der Waals surface area contributed by atoms with Gasteiger partial charge in [-0.3, -0.25) is 0 Å². The van der Waals surface area contributed by atoms with Gasteiger partial charge in [0.25, 0.3) is 0 Å². The summed E-state index contributed by atoms with van der Waals surface area (Å²) in [7, 11) is 0. The molecule has 2 aliphatic rings. The van der Waals surface area contributed by atoms with E-state index in [1.54, 1.807) is 0 Å². The van der Waals surface area contributed by atoms with Gasteiger partial charge in [-0.15, -0.1) is 0 Å². The van der Waals surface area contributed by atoms with Crippen molar-refractivity contribution in [3.8, 4) is 11.5 Å². The molecule has 0 radical (unpaired) electrons. The highest BCUT2D eigenvalue weighted by Crippen LogP contribution is 2.53. The Morgan fingerprint density at radius 3 is 1.25 bits per heavy atom. The van der Waals surface area contributed by atoms with E-state index in [9.17, 15) is 19.2 Å². The Labute approximate surface area is 309 Å². The zero-order chi connectivity index (χ0) is 35.8. The third kappa shape index (κ3) is 8.16.